The van der Waals surface area contributed by atoms with E-state index in [9.17, 15) is 28.2 Å². The molecule has 6 nitrogen and oxygen atoms in total. The van der Waals surface area contributed by atoms with Gasteiger partial charge < -0.3 is 24.8 Å². The number of ketones is 1. The van der Waals surface area contributed by atoms with Crippen LogP contribution >= 0.6 is 0 Å². The monoisotopic (exact) mass is 462 g/mol. The van der Waals surface area contributed by atoms with Crippen LogP contribution in [0.2, 0.25) is 0 Å². The first-order valence-corrected chi connectivity index (χ1v) is 9.86. The van der Waals surface area contributed by atoms with Crippen LogP contribution in [-0.4, -0.2) is 34.1 Å². The molecule has 0 radical (unpaired) electrons. The minimum atomic E-state index is -4.85. The van der Waals surface area contributed by atoms with Crippen molar-refractivity contribution in [2.45, 2.75) is 26.3 Å². The molecule has 0 aliphatic rings. The van der Waals surface area contributed by atoms with E-state index in [0.29, 0.717) is 16.9 Å². The molecule has 0 saturated carbocycles. The van der Waals surface area contributed by atoms with Crippen LogP contribution in [0.3, 0.4) is 0 Å². The van der Waals surface area contributed by atoms with Crippen molar-refractivity contribution >= 4 is 5.78 Å². The van der Waals surface area contributed by atoms with Crippen LogP contribution in [0, 0.1) is 0 Å². The average Bonchev–Trinajstić information content (AvgIpc) is 2.73. The van der Waals surface area contributed by atoms with Gasteiger partial charge >= 0.3 is 6.36 Å². The summed E-state index contributed by atoms with van der Waals surface area (Å²) in [6.07, 6.45) is -4.74. The van der Waals surface area contributed by atoms with E-state index < -0.39 is 23.6 Å². The first-order valence-electron chi connectivity index (χ1n) is 9.86. The average molecular weight is 462 g/mol. The Bertz CT molecular complexity index is 1120. The summed E-state index contributed by atoms with van der Waals surface area (Å²) >= 11 is 0. The summed E-state index contributed by atoms with van der Waals surface area (Å²) in [5.41, 5.74) is 1.50. The predicted molar refractivity (Wildman–Crippen MR) is 113 cm³/mol. The SMILES string of the molecule is CC(=O)c1c(O)cc(O)c(-c2ccc(OC(F)(F)F)cc2)c1CCOc1ccc(CO)cc1. The Balaban J connectivity index is 1.94. The lowest BCUT2D eigenvalue weighted by atomic mass is 9.90. The number of rotatable bonds is 8. The van der Waals surface area contributed by atoms with Crippen LogP contribution in [0.25, 0.3) is 11.1 Å². The minimum absolute atomic E-state index is 0.0161. The minimum Gasteiger partial charge on any atom is -0.507 e. The van der Waals surface area contributed by atoms with E-state index in [0.717, 1.165) is 18.2 Å². The van der Waals surface area contributed by atoms with Crippen molar-refractivity contribution in [1.82, 2.24) is 0 Å². The summed E-state index contributed by atoms with van der Waals surface area (Å²) < 4.78 is 46.9. The number of carbonyl (C=O) groups is 1. The number of ether oxygens (including phenoxy) is 2. The van der Waals surface area contributed by atoms with E-state index in [1.54, 1.807) is 24.3 Å². The molecule has 0 aliphatic heterocycles. The van der Waals surface area contributed by atoms with Gasteiger partial charge in [0.25, 0.3) is 0 Å². The lowest BCUT2D eigenvalue weighted by molar-refractivity contribution is -0.274. The Labute approximate surface area is 187 Å². The van der Waals surface area contributed by atoms with Crippen LogP contribution in [-0.2, 0) is 13.0 Å². The molecule has 174 valence electrons. The molecular weight excluding hydrogens is 441 g/mol. The van der Waals surface area contributed by atoms with E-state index in [1.165, 1.54) is 19.1 Å². The van der Waals surface area contributed by atoms with Gasteiger partial charge in [0.05, 0.1) is 18.8 Å². The number of hydrogen-bond donors (Lipinski definition) is 3. The van der Waals surface area contributed by atoms with E-state index >= 15 is 0 Å². The third-order valence-corrected chi connectivity index (χ3v) is 4.84. The zero-order valence-electron chi connectivity index (χ0n) is 17.5. The molecule has 3 N–H and O–H groups in total. The third kappa shape index (κ3) is 5.95. The molecule has 3 rings (SSSR count). The normalized spacial score (nSPS) is 11.3. The maximum atomic E-state index is 12.4. The van der Waals surface area contributed by atoms with Gasteiger partial charge in [-0.15, -0.1) is 13.2 Å². The lowest BCUT2D eigenvalue weighted by Gasteiger charge is -2.18. The first kappa shape index (κ1) is 23.9. The van der Waals surface area contributed by atoms with Crippen molar-refractivity contribution in [2.75, 3.05) is 6.61 Å². The van der Waals surface area contributed by atoms with E-state index in [2.05, 4.69) is 4.74 Å². The van der Waals surface area contributed by atoms with E-state index in [-0.39, 0.29) is 42.1 Å². The topological polar surface area (TPSA) is 96.2 Å². The highest BCUT2D eigenvalue weighted by Gasteiger charge is 2.31. The molecule has 3 aromatic carbocycles. The number of aliphatic hydroxyl groups is 1. The molecule has 33 heavy (non-hydrogen) atoms. The van der Waals surface area contributed by atoms with Gasteiger partial charge in [-0.1, -0.05) is 24.3 Å². The summed E-state index contributed by atoms with van der Waals surface area (Å²) in [6, 6.07) is 12.5. The van der Waals surface area contributed by atoms with E-state index in [1.807, 2.05) is 0 Å². The Morgan fingerprint density at radius 2 is 1.55 bits per heavy atom. The molecule has 0 amide bonds. The number of alkyl halides is 3. The molecule has 0 unspecified atom stereocenters. The molecular formula is C24H21F3O6. The molecule has 0 spiro atoms. The number of phenolic OH excluding ortho intramolecular Hbond substituents is 2. The standard InChI is InChI=1S/C24H21F3O6/c1-14(29)22-19(10-11-32-17-6-2-15(13-28)3-7-17)23(21(31)12-20(22)30)16-4-8-18(9-5-16)33-24(25,26)27/h2-9,12,28,30-31H,10-11,13H2,1H3. The van der Waals surface area contributed by atoms with Gasteiger partial charge in [-0.25, -0.2) is 0 Å². The highest BCUT2D eigenvalue weighted by atomic mass is 19.4. The van der Waals surface area contributed by atoms with E-state index in [4.69, 9.17) is 9.84 Å². The van der Waals surface area contributed by atoms with Crippen LogP contribution in [0.5, 0.6) is 23.0 Å². The number of benzene rings is 3. The largest absolute Gasteiger partial charge is 0.573 e. The number of carbonyl (C=O) groups excluding carboxylic acids is 1. The molecule has 0 atom stereocenters. The first-order chi connectivity index (χ1) is 15.6. The second kappa shape index (κ2) is 9.83. The Morgan fingerprint density at radius 1 is 0.939 bits per heavy atom. The fraction of sp³-hybridized carbons (Fsp3) is 0.208. The summed E-state index contributed by atoms with van der Waals surface area (Å²) in [7, 11) is 0. The van der Waals surface area contributed by atoms with Crippen molar-refractivity contribution in [1.29, 1.82) is 0 Å². The Morgan fingerprint density at radius 3 is 2.09 bits per heavy atom. The fourth-order valence-electron chi connectivity index (χ4n) is 3.46. The fourth-order valence-corrected chi connectivity index (χ4v) is 3.46. The zero-order chi connectivity index (χ0) is 24.2. The maximum absolute atomic E-state index is 12.4. The number of aromatic hydroxyl groups is 2. The summed E-state index contributed by atoms with van der Waals surface area (Å²) in [5, 5.41) is 29.9. The number of hydrogen-bond acceptors (Lipinski definition) is 6. The summed E-state index contributed by atoms with van der Waals surface area (Å²) in [4.78, 5) is 12.2. The summed E-state index contributed by atoms with van der Waals surface area (Å²) in [6.45, 7) is 1.22. The van der Waals surface area contributed by atoms with Gasteiger partial charge in [0, 0.05) is 18.1 Å². The van der Waals surface area contributed by atoms with Crippen molar-refractivity contribution in [3.8, 4) is 34.1 Å². The van der Waals surface area contributed by atoms with Gasteiger partial charge in [0.1, 0.15) is 23.0 Å². The number of phenols is 2. The molecule has 0 aromatic heterocycles. The summed E-state index contributed by atoms with van der Waals surface area (Å²) in [5.74, 6) is -1.14. The van der Waals surface area contributed by atoms with Crippen molar-refractivity contribution in [3.05, 3.63) is 71.3 Å². The van der Waals surface area contributed by atoms with Crippen LogP contribution < -0.4 is 9.47 Å². The Kier molecular flexibility index (Phi) is 7.13. The van der Waals surface area contributed by atoms with Gasteiger partial charge in [0.15, 0.2) is 5.78 Å². The van der Waals surface area contributed by atoms with Gasteiger partial charge in [-0.3, -0.25) is 4.79 Å². The molecule has 0 aliphatic carbocycles. The molecule has 0 bridgehead atoms. The van der Waals surface area contributed by atoms with Crippen molar-refractivity contribution < 1.29 is 42.8 Å². The van der Waals surface area contributed by atoms with Crippen LogP contribution in [0.15, 0.2) is 54.6 Å². The predicted octanol–water partition coefficient (Wildman–Crippen LogP) is 4.98. The highest BCUT2D eigenvalue weighted by molar-refractivity contribution is 6.01. The molecule has 0 heterocycles. The van der Waals surface area contributed by atoms with Gasteiger partial charge in [-0.05, 0) is 47.9 Å². The zero-order valence-corrected chi connectivity index (χ0v) is 17.5. The van der Waals surface area contributed by atoms with Gasteiger partial charge in [0.2, 0.25) is 0 Å². The number of halogens is 3. The quantitative estimate of drug-likeness (QED) is 0.409. The molecule has 3 aromatic rings. The molecule has 0 fully saturated rings. The number of Topliss-reactive ketones (excluding diaryl/α,β-unsaturated/α-hetero) is 1. The third-order valence-electron chi connectivity index (χ3n) is 4.84. The second-order valence-electron chi connectivity index (χ2n) is 7.17. The highest BCUT2D eigenvalue weighted by Crippen LogP contribution is 2.40. The van der Waals surface area contributed by atoms with Crippen molar-refractivity contribution in [2.24, 2.45) is 0 Å². The number of aliphatic hydroxyl groups excluding tert-OH is 1. The van der Waals surface area contributed by atoms with Gasteiger partial charge in [-0.2, -0.15) is 0 Å². The molecule has 9 heteroatoms. The van der Waals surface area contributed by atoms with Crippen molar-refractivity contribution in [3.63, 3.8) is 0 Å². The molecule has 0 saturated heterocycles. The van der Waals surface area contributed by atoms with Crippen LogP contribution in [0.1, 0.15) is 28.4 Å². The maximum Gasteiger partial charge on any atom is 0.573 e. The second-order valence-corrected chi connectivity index (χ2v) is 7.17. The van der Waals surface area contributed by atoms with Crippen LogP contribution in [0.4, 0.5) is 13.2 Å². The smallest absolute Gasteiger partial charge is 0.507 e. The lowest BCUT2D eigenvalue weighted by Crippen LogP contribution is -2.17. The Hall–Kier alpha value is -3.72.